The highest BCUT2D eigenvalue weighted by Gasteiger charge is 2.15. The molecular formula is C16H24O5. The molecule has 0 aliphatic carbocycles. The summed E-state index contributed by atoms with van der Waals surface area (Å²) in [5.41, 5.74) is -0.480. The Balaban J connectivity index is 1.92. The number of para-hydroxylation sites is 1. The van der Waals surface area contributed by atoms with E-state index in [1.807, 2.05) is 51.1 Å². The molecule has 0 atom stereocenters. The fourth-order valence-electron chi connectivity index (χ4n) is 1.48. The lowest BCUT2D eigenvalue weighted by molar-refractivity contribution is -0.160. The van der Waals surface area contributed by atoms with Gasteiger partial charge in [-0.2, -0.15) is 0 Å². The molecule has 1 rings (SSSR count). The summed E-state index contributed by atoms with van der Waals surface area (Å²) in [6, 6.07) is 9.56. The van der Waals surface area contributed by atoms with Crippen molar-refractivity contribution in [1.82, 2.24) is 0 Å². The van der Waals surface area contributed by atoms with E-state index in [0.29, 0.717) is 26.4 Å². The zero-order chi connectivity index (χ0) is 15.6. The van der Waals surface area contributed by atoms with E-state index in [1.54, 1.807) is 0 Å². The van der Waals surface area contributed by atoms with E-state index in [1.165, 1.54) is 0 Å². The van der Waals surface area contributed by atoms with Crippen LogP contribution in [0, 0.1) is 0 Å². The largest absolute Gasteiger partial charge is 0.491 e. The SMILES string of the molecule is CC(C)(C)OC(=O)COCCOCCOc1ccccc1. The summed E-state index contributed by atoms with van der Waals surface area (Å²) in [5, 5.41) is 0. The van der Waals surface area contributed by atoms with Gasteiger partial charge >= 0.3 is 5.97 Å². The summed E-state index contributed by atoms with van der Waals surface area (Å²) in [5.74, 6) is 0.456. The molecule has 118 valence electrons. The number of esters is 1. The summed E-state index contributed by atoms with van der Waals surface area (Å²) in [7, 11) is 0. The normalized spacial score (nSPS) is 11.2. The quantitative estimate of drug-likeness (QED) is 0.517. The van der Waals surface area contributed by atoms with Crippen molar-refractivity contribution in [2.24, 2.45) is 0 Å². The van der Waals surface area contributed by atoms with Crippen LogP contribution in [0.3, 0.4) is 0 Å². The van der Waals surface area contributed by atoms with E-state index in [0.717, 1.165) is 5.75 Å². The number of hydrogen-bond acceptors (Lipinski definition) is 5. The maximum Gasteiger partial charge on any atom is 0.332 e. The van der Waals surface area contributed by atoms with E-state index < -0.39 is 5.60 Å². The smallest absolute Gasteiger partial charge is 0.332 e. The third-order valence-electron chi connectivity index (χ3n) is 2.25. The van der Waals surface area contributed by atoms with Gasteiger partial charge in [0, 0.05) is 0 Å². The monoisotopic (exact) mass is 296 g/mol. The van der Waals surface area contributed by atoms with Crippen molar-refractivity contribution in [2.75, 3.05) is 33.0 Å². The predicted octanol–water partition coefficient (Wildman–Crippen LogP) is 2.44. The molecule has 0 radical (unpaired) electrons. The van der Waals surface area contributed by atoms with E-state index in [2.05, 4.69) is 0 Å². The minimum atomic E-state index is -0.480. The van der Waals surface area contributed by atoms with Crippen LogP contribution in [0.5, 0.6) is 5.75 Å². The van der Waals surface area contributed by atoms with Crippen molar-refractivity contribution < 1.29 is 23.7 Å². The van der Waals surface area contributed by atoms with Crippen molar-refractivity contribution in [3.05, 3.63) is 30.3 Å². The first-order chi connectivity index (χ1) is 9.97. The summed E-state index contributed by atoms with van der Waals surface area (Å²) < 4.78 is 21.1. The van der Waals surface area contributed by atoms with Crippen LogP contribution in [0.1, 0.15) is 20.8 Å². The molecule has 0 heterocycles. The molecule has 0 aliphatic heterocycles. The summed E-state index contributed by atoms with van der Waals surface area (Å²) >= 11 is 0. The topological polar surface area (TPSA) is 54.0 Å². The molecule has 0 aliphatic rings. The molecule has 0 aromatic heterocycles. The number of ether oxygens (including phenoxy) is 4. The van der Waals surface area contributed by atoms with Crippen LogP contribution >= 0.6 is 0 Å². The molecule has 1 aromatic rings. The molecular weight excluding hydrogens is 272 g/mol. The summed E-state index contributed by atoms with van der Waals surface area (Å²) in [6.45, 7) is 7.13. The van der Waals surface area contributed by atoms with Gasteiger partial charge in [-0.05, 0) is 32.9 Å². The third kappa shape index (κ3) is 9.87. The molecule has 0 bridgehead atoms. The second-order valence-electron chi connectivity index (χ2n) is 5.41. The fraction of sp³-hybridized carbons (Fsp3) is 0.562. The molecule has 0 amide bonds. The zero-order valence-electron chi connectivity index (χ0n) is 13.0. The molecule has 1 aromatic carbocycles. The Morgan fingerprint density at radius 2 is 1.57 bits per heavy atom. The third-order valence-corrected chi connectivity index (χ3v) is 2.25. The molecule has 5 nitrogen and oxygen atoms in total. The fourth-order valence-corrected chi connectivity index (χ4v) is 1.48. The Kier molecular flexibility index (Phi) is 7.79. The van der Waals surface area contributed by atoms with Gasteiger partial charge in [0.25, 0.3) is 0 Å². The highest BCUT2D eigenvalue weighted by atomic mass is 16.6. The zero-order valence-corrected chi connectivity index (χ0v) is 13.0. The summed E-state index contributed by atoms with van der Waals surface area (Å²) in [4.78, 5) is 11.3. The van der Waals surface area contributed by atoms with E-state index >= 15 is 0 Å². The number of rotatable bonds is 9. The molecule has 0 fully saturated rings. The van der Waals surface area contributed by atoms with Gasteiger partial charge in [-0.1, -0.05) is 18.2 Å². The van der Waals surface area contributed by atoms with Crippen molar-refractivity contribution in [1.29, 1.82) is 0 Å². The number of carbonyl (C=O) groups is 1. The molecule has 0 saturated carbocycles. The van der Waals surface area contributed by atoms with Gasteiger partial charge in [0.1, 0.15) is 24.6 Å². The van der Waals surface area contributed by atoms with Crippen LogP contribution in [-0.2, 0) is 19.0 Å². The first kappa shape index (κ1) is 17.5. The van der Waals surface area contributed by atoms with Gasteiger partial charge in [0.05, 0.1) is 19.8 Å². The minimum Gasteiger partial charge on any atom is -0.491 e. The second-order valence-corrected chi connectivity index (χ2v) is 5.41. The standard InChI is InChI=1S/C16H24O5/c1-16(2,3)21-15(17)13-19-10-9-18-11-12-20-14-7-5-4-6-8-14/h4-8H,9-13H2,1-3H3. The Hall–Kier alpha value is -1.59. The first-order valence-electron chi connectivity index (χ1n) is 7.02. The maximum atomic E-state index is 11.3. The minimum absolute atomic E-state index is 0.0544. The van der Waals surface area contributed by atoms with Gasteiger partial charge in [-0.15, -0.1) is 0 Å². The van der Waals surface area contributed by atoms with Gasteiger partial charge in [0.15, 0.2) is 0 Å². The van der Waals surface area contributed by atoms with E-state index in [4.69, 9.17) is 18.9 Å². The molecule has 0 N–H and O–H groups in total. The highest BCUT2D eigenvalue weighted by Crippen LogP contribution is 2.08. The average Bonchev–Trinajstić information content (AvgIpc) is 2.41. The van der Waals surface area contributed by atoms with Crippen LogP contribution < -0.4 is 4.74 Å². The van der Waals surface area contributed by atoms with Crippen LogP contribution in [-0.4, -0.2) is 44.6 Å². The van der Waals surface area contributed by atoms with Gasteiger partial charge in [0.2, 0.25) is 0 Å². The Morgan fingerprint density at radius 3 is 2.24 bits per heavy atom. The van der Waals surface area contributed by atoms with Crippen molar-refractivity contribution in [2.45, 2.75) is 26.4 Å². The maximum absolute atomic E-state index is 11.3. The number of hydrogen-bond donors (Lipinski definition) is 0. The lowest BCUT2D eigenvalue weighted by Crippen LogP contribution is -2.27. The Labute approximate surface area is 126 Å². The van der Waals surface area contributed by atoms with E-state index in [-0.39, 0.29) is 12.6 Å². The van der Waals surface area contributed by atoms with Crippen LogP contribution in [0.15, 0.2) is 30.3 Å². The highest BCUT2D eigenvalue weighted by molar-refractivity contribution is 5.71. The average molecular weight is 296 g/mol. The molecule has 21 heavy (non-hydrogen) atoms. The van der Waals surface area contributed by atoms with Crippen LogP contribution in [0.2, 0.25) is 0 Å². The van der Waals surface area contributed by atoms with Crippen molar-refractivity contribution >= 4 is 5.97 Å². The molecule has 0 unspecified atom stereocenters. The molecule has 5 heteroatoms. The number of carbonyl (C=O) groups excluding carboxylic acids is 1. The van der Waals surface area contributed by atoms with Crippen LogP contribution in [0.25, 0.3) is 0 Å². The van der Waals surface area contributed by atoms with Gasteiger partial charge in [-0.25, -0.2) is 4.79 Å². The first-order valence-corrected chi connectivity index (χ1v) is 7.02. The summed E-state index contributed by atoms with van der Waals surface area (Å²) in [6.07, 6.45) is 0. The Bertz CT molecular complexity index is 397. The van der Waals surface area contributed by atoms with Gasteiger partial charge < -0.3 is 18.9 Å². The van der Waals surface area contributed by atoms with E-state index in [9.17, 15) is 4.79 Å². The predicted molar refractivity (Wildman–Crippen MR) is 79.4 cm³/mol. The lowest BCUT2D eigenvalue weighted by atomic mass is 10.2. The number of benzene rings is 1. The van der Waals surface area contributed by atoms with Crippen molar-refractivity contribution in [3.8, 4) is 5.75 Å². The second kappa shape index (κ2) is 9.37. The van der Waals surface area contributed by atoms with Gasteiger partial charge in [-0.3, -0.25) is 0 Å². The van der Waals surface area contributed by atoms with Crippen molar-refractivity contribution in [3.63, 3.8) is 0 Å². The van der Waals surface area contributed by atoms with Crippen LogP contribution in [0.4, 0.5) is 0 Å². The Morgan fingerprint density at radius 1 is 0.952 bits per heavy atom. The molecule has 0 spiro atoms. The lowest BCUT2D eigenvalue weighted by Gasteiger charge is -2.19. The molecule has 0 saturated heterocycles.